The molecule has 0 aromatic heterocycles. The summed E-state index contributed by atoms with van der Waals surface area (Å²) in [5.74, 6) is 1.06. The Hall–Kier alpha value is -1.63. The van der Waals surface area contributed by atoms with Crippen molar-refractivity contribution in [3.63, 3.8) is 0 Å². The second-order valence-corrected chi connectivity index (χ2v) is 11.7. The van der Waals surface area contributed by atoms with Gasteiger partial charge in [0, 0.05) is 17.8 Å². The maximum atomic E-state index is 12.1. The van der Waals surface area contributed by atoms with Gasteiger partial charge in [0.2, 0.25) is 0 Å². The van der Waals surface area contributed by atoms with Gasteiger partial charge in [-0.05, 0) is 80.0 Å². The number of carbonyl (C=O) groups excluding carboxylic acids is 3. The molecule has 4 rings (SSSR count). The predicted molar refractivity (Wildman–Crippen MR) is 120 cm³/mol. The standard InChI is InChI=1S/C26H40O7/c1-15(9-23(30)31-4)18-5-6-19-24-20(12-22(33-14-28)26(18,19)3)25(2)8-7-17(29)10-16(25)11-21(24)32-13-27/h13-22,24,29H,5-12H2,1-4H3/t15-,16+,17-,18-,19+,20+,21-,22+,24+,25+,26-/m1/s1. The van der Waals surface area contributed by atoms with E-state index in [1.807, 2.05) is 0 Å². The molecule has 7 heteroatoms. The van der Waals surface area contributed by atoms with Crippen LogP contribution in [0.15, 0.2) is 0 Å². The van der Waals surface area contributed by atoms with Crippen molar-refractivity contribution < 1.29 is 33.7 Å². The largest absolute Gasteiger partial charge is 0.469 e. The normalized spacial score (nSPS) is 47.3. The molecule has 0 aromatic rings. The van der Waals surface area contributed by atoms with E-state index in [2.05, 4.69) is 20.8 Å². The van der Waals surface area contributed by atoms with Crippen molar-refractivity contribution in [2.24, 2.45) is 46.3 Å². The van der Waals surface area contributed by atoms with Crippen molar-refractivity contribution in [1.82, 2.24) is 0 Å². The number of aliphatic hydroxyl groups is 1. The molecule has 0 heterocycles. The Morgan fingerprint density at radius 1 is 1.06 bits per heavy atom. The molecular formula is C26H40O7. The SMILES string of the molecule is COC(=O)C[C@@H](C)[C@H]1CC[C@H]2[C@@H]3[C@H](OC=O)C[C@@H]4C[C@H](O)CC[C@]4(C)[C@H]3C[C@H](OC=O)[C@]12C. The van der Waals surface area contributed by atoms with Crippen LogP contribution in [0.2, 0.25) is 0 Å². The fourth-order valence-electron chi connectivity index (χ4n) is 9.05. The Morgan fingerprint density at radius 2 is 1.79 bits per heavy atom. The lowest BCUT2D eigenvalue weighted by Crippen LogP contribution is -2.63. The average Bonchev–Trinajstić information content (AvgIpc) is 3.14. The van der Waals surface area contributed by atoms with Crippen molar-refractivity contribution in [3.05, 3.63) is 0 Å². The molecular weight excluding hydrogens is 424 g/mol. The van der Waals surface area contributed by atoms with E-state index in [1.54, 1.807) is 0 Å². The Balaban J connectivity index is 1.72. The van der Waals surface area contributed by atoms with Crippen molar-refractivity contribution in [1.29, 1.82) is 0 Å². The second kappa shape index (κ2) is 9.20. The molecule has 0 aromatic carbocycles. The molecule has 4 aliphatic carbocycles. The van der Waals surface area contributed by atoms with E-state index in [0.717, 1.165) is 44.9 Å². The number of aliphatic hydroxyl groups excluding tert-OH is 1. The van der Waals surface area contributed by atoms with Crippen LogP contribution >= 0.6 is 0 Å². The lowest BCUT2D eigenvalue weighted by Gasteiger charge is -2.63. The summed E-state index contributed by atoms with van der Waals surface area (Å²) < 4.78 is 16.5. The Bertz CT molecular complexity index is 755. The van der Waals surface area contributed by atoms with Crippen molar-refractivity contribution >= 4 is 18.9 Å². The van der Waals surface area contributed by atoms with Gasteiger partial charge in [-0.2, -0.15) is 0 Å². The molecule has 0 radical (unpaired) electrons. The van der Waals surface area contributed by atoms with Crippen LogP contribution in [0.3, 0.4) is 0 Å². The molecule has 1 N–H and O–H groups in total. The van der Waals surface area contributed by atoms with Crippen LogP contribution in [-0.4, -0.2) is 49.4 Å². The van der Waals surface area contributed by atoms with Crippen molar-refractivity contribution in [3.8, 4) is 0 Å². The molecule has 33 heavy (non-hydrogen) atoms. The average molecular weight is 465 g/mol. The first-order valence-electron chi connectivity index (χ1n) is 12.6. The number of esters is 1. The quantitative estimate of drug-likeness (QED) is 0.350. The van der Waals surface area contributed by atoms with Crippen LogP contribution in [0.5, 0.6) is 0 Å². The minimum absolute atomic E-state index is 0.0220. The molecule has 0 unspecified atom stereocenters. The van der Waals surface area contributed by atoms with Crippen LogP contribution < -0.4 is 0 Å². The van der Waals surface area contributed by atoms with Gasteiger partial charge in [0.1, 0.15) is 12.2 Å². The lowest BCUT2D eigenvalue weighted by molar-refractivity contribution is -0.217. The van der Waals surface area contributed by atoms with E-state index in [-0.39, 0.29) is 70.6 Å². The van der Waals surface area contributed by atoms with Crippen molar-refractivity contribution in [2.45, 2.75) is 90.4 Å². The van der Waals surface area contributed by atoms with E-state index < -0.39 is 0 Å². The molecule has 11 atom stereocenters. The summed E-state index contributed by atoms with van der Waals surface area (Å²) in [6, 6.07) is 0. The summed E-state index contributed by atoms with van der Waals surface area (Å²) in [6.45, 7) is 7.83. The summed E-state index contributed by atoms with van der Waals surface area (Å²) in [7, 11) is 1.42. The number of rotatable bonds is 7. The summed E-state index contributed by atoms with van der Waals surface area (Å²) >= 11 is 0. The summed E-state index contributed by atoms with van der Waals surface area (Å²) in [5, 5.41) is 10.4. The van der Waals surface area contributed by atoms with Gasteiger partial charge in [-0.15, -0.1) is 0 Å². The van der Waals surface area contributed by atoms with Gasteiger partial charge in [-0.25, -0.2) is 0 Å². The lowest BCUT2D eigenvalue weighted by atomic mass is 9.43. The molecule has 0 amide bonds. The Labute approximate surface area is 196 Å². The summed E-state index contributed by atoms with van der Waals surface area (Å²) in [5.41, 5.74) is -0.272. The molecule has 7 nitrogen and oxygen atoms in total. The third kappa shape index (κ3) is 3.88. The van der Waals surface area contributed by atoms with E-state index in [9.17, 15) is 19.5 Å². The first-order valence-corrected chi connectivity index (χ1v) is 12.6. The van der Waals surface area contributed by atoms with Crippen LogP contribution in [0, 0.1) is 46.3 Å². The first-order chi connectivity index (χ1) is 15.7. The van der Waals surface area contributed by atoms with E-state index in [1.165, 1.54) is 7.11 Å². The third-order valence-corrected chi connectivity index (χ3v) is 10.6. The van der Waals surface area contributed by atoms with Gasteiger partial charge in [0.15, 0.2) is 0 Å². The minimum atomic E-state index is -0.303. The number of hydrogen-bond acceptors (Lipinski definition) is 7. The van der Waals surface area contributed by atoms with E-state index in [4.69, 9.17) is 14.2 Å². The molecule has 0 aliphatic heterocycles. The van der Waals surface area contributed by atoms with Crippen molar-refractivity contribution in [2.75, 3.05) is 7.11 Å². The Kier molecular flexibility index (Phi) is 6.83. The molecule has 186 valence electrons. The van der Waals surface area contributed by atoms with Crippen LogP contribution in [0.25, 0.3) is 0 Å². The molecule has 0 bridgehead atoms. The van der Waals surface area contributed by atoms with Crippen LogP contribution in [0.1, 0.15) is 72.1 Å². The van der Waals surface area contributed by atoms with Crippen LogP contribution in [0.4, 0.5) is 0 Å². The predicted octanol–water partition coefficient (Wildman–Crippen LogP) is 3.51. The zero-order valence-electron chi connectivity index (χ0n) is 20.4. The second-order valence-electron chi connectivity index (χ2n) is 11.7. The summed E-state index contributed by atoms with van der Waals surface area (Å²) in [4.78, 5) is 35.2. The number of methoxy groups -OCH3 is 1. The van der Waals surface area contributed by atoms with Gasteiger partial charge < -0.3 is 19.3 Å². The van der Waals surface area contributed by atoms with Gasteiger partial charge >= 0.3 is 5.97 Å². The highest BCUT2D eigenvalue weighted by Crippen LogP contribution is 2.69. The number of fused-ring (bicyclic) bond motifs is 5. The van der Waals surface area contributed by atoms with E-state index in [0.29, 0.717) is 19.4 Å². The molecule has 0 saturated heterocycles. The van der Waals surface area contributed by atoms with E-state index >= 15 is 0 Å². The molecule has 4 fully saturated rings. The van der Waals surface area contributed by atoms with Gasteiger partial charge in [-0.3, -0.25) is 14.4 Å². The Morgan fingerprint density at radius 3 is 2.45 bits per heavy atom. The third-order valence-electron chi connectivity index (χ3n) is 10.6. The maximum Gasteiger partial charge on any atom is 0.305 e. The fraction of sp³-hybridized carbons (Fsp3) is 0.885. The zero-order valence-corrected chi connectivity index (χ0v) is 20.4. The topological polar surface area (TPSA) is 99.1 Å². The zero-order chi connectivity index (χ0) is 24.0. The number of hydrogen-bond donors (Lipinski definition) is 1. The highest BCUT2D eigenvalue weighted by Gasteiger charge is 2.67. The monoisotopic (exact) mass is 464 g/mol. The number of ether oxygens (including phenoxy) is 3. The first kappa shape index (κ1) is 24.5. The van der Waals surface area contributed by atoms with Gasteiger partial charge in [0.25, 0.3) is 12.9 Å². The molecule has 4 saturated carbocycles. The smallest absolute Gasteiger partial charge is 0.305 e. The maximum absolute atomic E-state index is 12.1. The van der Waals surface area contributed by atoms with Crippen LogP contribution in [-0.2, 0) is 28.6 Å². The van der Waals surface area contributed by atoms with Gasteiger partial charge in [0.05, 0.1) is 13.2 Å². The fourth-order valence-corrected chi connectivity index (χ4v) is 9.05. The molecule has 0 spiro atoms. The molecule has 4 aliphatic rings. The highest BCUT2D eigenvalue weighted by molar-refractivity contribution is 5.69. The number of carbonyl (C=O) groups is 3. The van der Waals surface area contributed by atoms with Gasteiger partial charge in [-0.1, -0.05) is 20.8 Å². The highest BCUT2D eigenvalue weighted by atomic mass is 16.5. The summed E-state index contributed by atoms with van der Waals surface area (Å²) in [6.07, 6.45) is 5.50. The minimum Gasteiger partial charge on any atom is -0.469 e.